The van der Waals surface area contributed by atoms with Crippen molar-refractivity contribution in [1.82, 2.24) is 20.0 Å². The highest BCUT2D eigenvalue weighted by molar-refractivity contribution is 6.25. The van der Waals surface area contributed by atoms with Crippen molar-refractivity contribution in [3.8, 4) is 0 Å². The molecule has 2 saturated heterocycles. The molecule has 13 heavy (non-hydrogen) atoms. The lowest BCUT2D eigenvalue weighted by Gasteiger charge is -2.45. The Morgan fingerprint density at radius 1 is 1.15 bits per heavy atom. The van der Waals surface area contributed by atoms with Gasteiger partial charge in [0, 0.05) is 12.1 Å². The van der Waals surface area contributed by atoms with E-state index >= 15 is 0 Å². The Balaban J connectivity index is 1.86. The van der Waals surface area contributed by atoms with Crippen molar-refractivity contribution in [3.05, 3.63) is 11.6 Å². The molecule has 2 unspecified atom stereocenters. The molecule has 2 fully saturated rings. The number of fused-ring (bicyclic) bond motifs is 2. The summed E-state index contributed by atoms with van der Waals surface area (Å²) in [4.78, 5) is 7.10. The Bertz CT molecular complexity index is 185. The molecule has 74 valence electrons. The van der Waals surface area contributed by atoms with E-state index in [0.29, 0.717) is 0 Å². The van der Waals surface area contributed by atoms with Crippen LogP contribution in [0.4, 0.5) is 0 Å². The summed E-state index contributed by atoms with van der Waals surface area (Å²) in [5.41, 5.74) is 1.59. The molecule has 2 heterocycles. The SMILES string of the molecule is ClC=CCN1CN2CNCN(C1)C2. The van der Waals surface area contributed by atoms with Crippen LogP contribution in [0.1, 0.15) is 0 Å². The summed E-state index contributed by atoms with van der Waals surface area (Å²) >= 11 is 5.49. The van der Waals surface area contributed by atoms with E-state index in [9.17, 15) is 0 Å². The first-order valence-electron chi connectivity index (χ1n) is 4.51. The fraction of sp³-hybridized carbons (Fsp3) is 0.750. The summed E-state index contributed by atoms with van der Waals surface area (Å²) in [7, 11) is 0. The van der Waals surface area contributed by atoms with Crippen molar-refractivity contribution < 1.29 is 0 Å². The molecule has 0 aliphatic carbocycles. The van der Waals surface area contributed by atoms with E-state index in [-0.39, 0.29) is 0 Å². The van der Waals surface area contributed by atoms with Crippen molar-refractivity contribution in [2.45, 2.75) is 0 Å². The average Bonchev–Trinajstić information content (AvgIpc) is 2.14. The van der Waals surface area contributed by atoms with Gasteiger partial charge in [-0.1, -0.05) is 17.7 Å². The molecular formula is C8H15ClN4. The Hall–Kier alpha value is -0.130. The van der Waals surface area contributed by atoms with Crippen molar-refractivity contribution >= 4 is 11.6 Å². The summed E-state index contributed by atoms with van der Waals surface area (Å²) < 4.78 is 0. The fourth-order valence-corrected chi connectivity index (χ4v) is 1.93. The lowest BCUT2D eigenvalue weighted by atomic mass is 10.4. The number of nitrogens with zero attached hydrogens (tertiary/aromatic N) is 3. The molecule has 0 aromatic heterocycles. The fourth-order valence-electron chi connectivity index (χ4n) is 1.85. The molecule has 0 radical (unpaired) electrons. The van der Waals surface area contributed by atoms with Crippen LogP contribution in [0.2, 0.25) is 0 Å². The Morgan fingerprint density at radius 3 is 2.46 bits per heavy atom. The summed E-state index contributed by atoms with van der Waals surface area (Å²) in [5, 5.41) is 3.34. The van der Waals surface area contributed by atoms with Gasteiger partial charge in [0.2, 0.25) is 0 Å². The second kappa shape index (κ2) is 4.39. The highest BCUT2D eigenvalue weighted by Gasteiger charge is 2.25. The van der Waals surface area contributed by atoms with Gasteiger partial charge in [-0.15, -0.1) is 0 Å². The number of rotatable bonds is 2. The third kappa shape index (κ3) is 2.42. The van der Waals surface area contributed by atoms with Gasteiger partial charge in [0.05, 0.1) is 33.3 Å². The van der Waals surface area contributed by atoms with Gasteiger partial charge in [-0.2, -0.15) is 0 Å². The molecule has 0 saturated carbocycles. The van der Waals surface area contributed by atoms with Crippen LogP contribution in [0.3, 0.4) is 0 Å². The van der Waals surface area contributed by atoms with Crippen molar-refractivity contribution in [2.75, 3.05) is 39.9 Å². The lowest BCUT2D eigenvalue weighted by Crippen LogP contribution is -2.62. The molecule has 1 N–H and O–H groups in total. The quantitative estimate of drug-likeness (QED) is 0.683. The van der Waals surface area contributed by atoms with E-state index in [2.05, 4.69) is 20.0 Å². The third-order valence-electron chi connectivity index (χ3n) is 2.32. The normalized spacial score (nSPS) is 35.5. The van der Waals surface area contributed by atoms with Gasteiger partial charge in [0.1, 0.15) is 0 Å². The average molecular weight is 203 g/mol. The second-order valence-electron chi connectivity index (χ2n) is 3.55. The minimum absolute atomic E-state index is 0.941. The largest absolute Gasteiger partial charge is 0.291 e. The molecule has 2 rings (SSSR count). The standard InChI is InChI=1S/C8H15ClN4/c9-2-1-3-11-6-12-4-10-5-13(7-11)8-12/h1-2,10H,3-8H2. The lowest BCUT2D eigenvalue weighted by molar-refractivity contribution is -0.0620. The molecule has 2 aliphatic rings. The first-order chi connectivity index (χ1) is 6.38. The Kier molecular flexibility index (Phi) is 3.18. The molecule has 5 heteroatoms. The van der Waals surface area contributed by atoms with Crippen LogP contribution in [0.5, 0.6) is 0 Å². The topological polar surface area (TPSA) is 21.8 Å². The van der Waals surface area contributed by atoms with E-state index in [4.69, 9.17) is 11.6 Å². The Labute approximate surface area is 83.7 Å². The van der Waals surface area contributed by atoms with Crippen molar-refractivity contribution in [3.63, 3.8) is 0 Å². The van der Waals surface area contributed by atoms with Crippen molar-refractivity contribution in [2.24, 2.45) is 0 Å². The van der Waals surface area contributed by atoms with Crippen LogP contribution in [0.15, 0.2) is 11.6 Å². The van der Waals surface area contributed by atoms with Gasteiger partial charge in [-0.05, 0) is 0 Å². The molecule has 0 amide bonds. The maximum Gasteiger partial charge on any atom is 0.0554 e. The van der Waals surface area contributed by atoms with Gasteiger partial charge in [0.25, 0.3) is 0 Å². The summed E-state index contributed by atoms with van der Waals surface area (Å²) in [5.74, 6) is 0. The second-order valence-corrected chi connectivity index (χ2v) is 3.80. The van der Waals surface area contributed by atoms with E-state index in [1.54, 1.807) is 5.54 Å². The zero-order valence-corrected chi connectivity index (χ0v) is 8.37. The third-order valence-corrected chi connectivity index (χ3v) is 2.50. The molecule has 0 aromatic rings. The first kappa shape index (κ1) is 9.43. The molecular weight excluding hydrogens is 188 g/mol. The van der Waals surface area contributed by atoms with Crippen LogP contribution in [0, 0.1) is 0 Å². The van der Waals surface area contributed by atoms with Crippen LogP contribution in [-0.2, 0) is 0 Å². The van der Waals surface area contributed by atoms with Gasteiger partial charge in [0.15, 0.2) is 0 Å². The maximum atomic E-state index is 5.49. The van der Waals surface area contributed by atoms with Crippen LogP contribution in [0.25, 0.3) is 0 Å². The number of halogens is 1. The smallest absolute Gasteiger partial charge is 0.0554 e. The molecule has 0 spiro atoms. The Morgan fingerprint density at radius 2 is 1.85 bits per heavy atom. The van der Waals surface area contributed by atoms with E-state index in [0.717, 1.165) is 39.9 Å². The van der Waals surface area contributed by atoms with Gasteiger partial charge in [-0.25, -0.2) is 0 Å². The van der Waals surface area contributed by atoms with Crippen LogP contribution in [-0.4, -0.2) is 54.6 Å². The summed E-state index contributed by atoms with van der Waals surface area (Å²) in [6.07, 6.45) is 1.98. The molecule has 4 nitrogen and oxygen atoms in total. The van der Waals surface area contributed by atoms with Gasteiger partial charge >= 0.3 is 0 Å². The van der Waals surface area contributed by atoms with E-state index in [1.807, 2.05) is 6.08 Å². The number of nitrogens with one attached hydrogen (secondary N) is 1. The van der Waals surface area contributed by atoms with Crippen molar-refractivity contribution in [1.29, 1.82) is 0 Å². The van der Waals surface area contributed by atoms with E-state index in [1.165, 1.54) is 0 Å². The number of hydrogen-bond donors (Lipinski definition) is 1. The zero-order valence-electron chi connectivity index (χ0n) is 7.62. The molecule has 2 aliphatic heterocycles. The van der Waals surface area contributed by atoms with Gasteiger partial charge < -0.3 is 0 Å². The summed E-state index contributed by atoms with van der Waals surface area (Å²) in [6.45, 7) is 6.09. The highest BCUT2D eigenvalue weighted by Crippen LogP contribution is 2.08. The van der Waals surface area contributed by atoms with Crippen LogP contribution < -0.4 is 5.32 Å². The van der Waals surface area contributed by atoms with Gasteiger partial charge in [-0.3, -0.25) is 20.0 Å². The molecule has 2 bridgehead atoms. The summed E-state index contributed by atoms with van der Waals surface area (Å²) in [6, 6.07) is 0. The number of hydrogen-bond acceptors (Lipinski definition) is 4. The predicted molar refractivity (Wildman–Crippen MR) is 52.8 cm³/mol. The first-order valence-corrected chi connectivity index (χ1v) is 4.95. The minimum Gasteiger partial charge on any atom is -0.291 e. The predicted octanol–water partition coefficient (Wildman–Crippen LogP) is 0.0492. The van der Waals surface area contributed by atoms with E-state index < -0.39 is 0 Å². The minimum atomic E-state index is 0.941. The molecule has 2 atom stereocenters. The monoisotopic (exact) mass is 202 g/mol. The van der Waals surface area contributed by atoms with Crippen LogP contribution >= 0.6 is 11.6 Å². The highest BCUT2D eigenvalue weighted by atomic mass is 35.5. The maximum absolute atomic E-state index is 5.49. The molecule has 0 aromatic carbocycles. The zero-order chi connectivity index (χ0) is 9.10.